The Labute approximate surface area is 166 Å². The van der Waals surface area contributed by atoms with E-state index in [2.05, 4.69) is 25.9 Å². The standard InChI is InChI=1S/C21H26N6O/c1-15-9-21(20(10-22)16(2)25-15)26-7-4-5-19(6-8-26)27(17(3)28)13-18-11-23-14-24-12-18/h9,11-12,14,19H,4-8,13H2,1-3H3. The molecule has 3 rings (SSSR count). The van der Waals surface area contributed by atoms with Gasteiger partial charge in [0.2, 0.25) is 5.91 Å². The Morgan fingerprint density at radius 1 is 1.29 bits per heavy atom. The Bertz CT molecular complexity index is 876. The summed E-state index contributed by atoms with van der Waals surface area (Å²) in [6.07, 6.45) is 7.77. The fraction of sp³-hybridized carbons (Fsp3) is 0.476. The van der Waals surface area contributed by atoms with Crippen LogP contribution in [0.25, 0.3) is 0 Å². The normalized spacial score (nSPS) is 16.9. The molecule has 7 nitrogen and oxygen atoms in total. The van der Waals surface area contributed by atoms with E-state index in [1.54, 1.807) is 19.3 Å². The first-order chi connectivity index (χ1) is 13.5. The Morgan fingerprint density at radius 2 is 2.04 bits per heavy atom. The highest BCUT2D eigenvalue weighted by Gasteiger charge is 2.26. The van der Waals surface area contributed by atoms with Crippen molar-refractivity contribution in [3.63, 3.8) is 0 Å². The zero-order valence-corrected chi connectivity index (χ0v) is 16.7. The van der Waals surface area contributed by atoms with Gasteiger partial charge in [-0.1, -0.05) is 0 Å². The number of aromatic nitrogens is 3. The van der Waals surface area contributed by atoms with E-state index >= 15 is 0 Å². The number of pyridine rings is 1. The monoisotopic (exact) mass is 378 g/mol. The lowest BCUT2D eigenvalue weighted by Crippen LogP contribution is -2.39. The van der Waals surface area contributed by atoms with Gasteiger partial charge in [0.15, 0.2) is 0 Å². The molecule has 0 bridgehead atoms. The van der Waals surface area contributed by atoms with E-state index < -0.39 is 0 Å². The molecule has 7 heteroatoms. The van der Waals surface area contributed by atoms with Crippen LogP contribution in [0, 0.1) is 25.2 Å². The molecule has 1 aliphatic heterocycles. The van der Waals surface area contributed by atoms with Crippen LogP contribution in [0.4, 0.5) is 5.69 Å². The first kappa shape index (κ1) is 19.7. The predicted molar refractivity (Wildman–Crippen MR) is 107 cm³/mol. The van der Waals surface area contributed by atoms with Crippen molar-refractivity contribution in [3.8, 4) is 6.07 Å². The largest absolute Gasteiger partial charge is 0.370 e. The molecular formula is C21H26N6O. The van der Waals surface area contributed by atoms with Gasteiger partial charge in [-0.3, -0.25) is 9.78 Å². The molecule has 146 valence electrons. The van der Waals surface area contributed by atoms with Crippen molar-refractivity contribution in [1.29, 1.82) is 5.26 Å². The van der Waals surface area contributed by atoms with Crippen molar-refractivity contribution in [2.75, 3.05) is 18.0 Å². The minimum absolute atomic E-state index is 0.0654. The average Bonchev–Trinajstić information content (AvgIpc) is 2.92. The molecule has 0 spiro atoms. The topological polar surface area (TPSA) is 86.0 Å². The molecular weight excluding hydrogens is 352 g/mol. The van der Waals surface area contributed by atoms with E-state index in [1.165, 1.54) is 6.33 Å². The van der Waals surface area contributed by atoms with Gasteiger partial charge in [-0.2, -0.15) is 5.26 Å². The zero-order valence-electron chi connectivity index (χ0n) is 16.7. The number of nitrogens with zero attached hydrogens (tertiary/aromatic N) is 6. The minimum Gasteiger partial charge on any atom is -0.370 e. The number of hydrogen-bond donors (Lipinski definition) is 0. The smallest absolute Gasteiger partial charge is 0.219 e. The van der Waals surface area contributed by atoms with Gasteiger partial charge in [0, 0.05) is 56.3 Å². The second-order valence-corrected chi connectivity index (χ2v) is 7.32. The fourth-order valence-electron chi connectivity index (χ4n) is 3.93. The molecule has 3 heterocycles. The molecule has 2 aromatic heterocycles. The van der Waals surface area contributed by atoms with Gasteiger partial charge in [-0.15, -0.1) is 0 Å². The van der Waals surface area contributed by atoms with E-state index in [0.29, 0.717) is 12.1 Å². The molecule has 0 radical (unpaired) electrons. The Hall–Kier alpha value is -3.01. The van der Waals surface area contributed by atoms with Crippen molar-refractivity contribution < 1.29 is 4.79 Å². The molecule has 1 aliphatic rings. The summed E-state index contributed by atoms with van der Waals surface area (Å²) in [4.78, 5) is 29.0. The quantitative estimate of drug-likeness (QED) is 0.813. The van der Waals surface area contributed by atoms with Gasteiger partial charge in [0.05, 0.1) is 16.9 Å². The number of amides is 1. The maximum Gasteiger partial charge on any atom is 0.219 e. The summed E-state index contributed by atoms with van der Waals surface area (Å²) in [6, 6.07) is 4.47. The molecule has 1 fully saturated rings. The summed E-state index contributed by atoms with van der Waals surface area (Å²) in [7, 11) is 0. The van der Waals surface area contributed by atoms with Crippen molar-refractivity contribution in [3.05, 3.63) is 47.3 Å². The van der Waals surface area contributed by atoms with E-state index in [9.17, 15) is 10.1 Å². The molecule has 0 N–H and O–H groups in total. The van der Waals surface area contributed by atoms with Crippen LogP contribution in [0.2, 0.25) is 0 Å². The lowest BCUT2D eigenvalue weighted by molar-refractivity contribution is -0.132. The summed E-state index contributed by atoms with van der Waals surface area (Å²) in [5.41, 5.74) is 4.23. The number of rotatable bonds is 4. The van der Waals surface area contributed by atoms with Crippen molar-refractivity contribution in [2.24, 2.45) is 0 Å². The molecule has 2 aromatic rings. The van der Waals surface area contributed by atoms with Gasteiger partial charge in [0.25, 0.3) is 0 Å². The van der Waals surface area contributed by atoms with Crippen LogP contribution in [0.5, 0.6) is 0 Å². The highest BCUT2D eigenvalue weighted by Crippen LogP contribution is 2.27. The van der Waals surface area contributed by atoms with Gasteiger partial charge in [-0.05, 0) is 39.2 Å². The second kappa shape index (κ2) is 8.79. The molecule has 0 saturated carbocycles. The van der Waals surface area contributed by atoms with Gasteiger partial charge >= 0.3 is 0 Å². The van der Waals surface area contributed by atoms with E-state index in [-0.39, 0.29) is 11.9 Å². The molecule has 1 unspecified atom stereocenters. The van der Waals surface area contributed by atoms with Gasteiger partial charge < -0.3 is 9.80 Å². The SMILES string of the molecule is CC(=O)N(Cc1cncnc1)C1CCCN(c2cc(C)nc(C)c2C#N)CC1. The number of nitriles is 1. The van der Waals surface area contributed by atoms with E-state index in [1.807, 2.05) is 24.8 Å². The third-order valence-electron chi connectivity index (χ3n) is 5.27. The summed E-state index contributed by atoms with van der Waals surface area (Å²) >= 11 is 0. The van der Waals surface area contributed by atoms with Crippen molar-refractivity contribution >= 4 is 11.6 Å². The fourth-order valence-corrected chi connectivity index (χ4v) is 3.93. The van der Waals surface area contributed by atoms with Crippen LogP contribution >= 0.6 is 0 Å². The highest BCUT2D eigenvalue weighted by molar-refractivity contribution is 5.73. The third kappa shape index (κ3) is 4.45. The van der Waals surface area contributed by atoms with Crippen LogP contribution < -0.4 is 4.90 Å². The summed E-state index contributed by atoms with van der Waals surface area (Å²) in [6.45, 7) is 7.66. The van der Waals surface area contributed by atoms with E-state index in [0.717, 1.165) is 55.0 Å². The Morgan fingerprint density at radius 3 is 2.71 bits per heavy atom. The van der Waals surface area contributed by atoms with Crippen LogP contribution in [0.3, 0.4) is 0 Å². The minimum atomic E-state index is 0.0654. The molecule has 0 aromatic carbocycles. The summed E-state index contributed by atoms with van der Waals surface area (Å²) in [5, 5.41) is 9.59. The zero-order chi connectivity index (χ0) is 20.1. The molecule has 1 atom stereocenters. The lowest BCUT2D eigenvalue weighted by Gasteiger charge is -2.30. The predicted octanol–water partition coefficient (Wildman–Crippen LogP) is 2.77. The van der Waals surface area contributed by atoms with Crippen LogP contribution in [0.15, 0.2) is 24.8 Å². The Balaban J connectivity index is 1.77. The maximum absolute atomic E-state index is 12.3. The molecule has 28 heavy (non-hydrogen) atoms. The first-order valence-corrected chi connectivity index (χ1v) is 9.64. The maximum atomic E-state index is 12.3. The number of anilines is 1. The second-order valence-electron chi connectivity index (χ2n) is 7.32. The van der Waals surface area contributed by atoms with Crippen LogP contribution in [0.1, 0.15) is 48.7 Å². The van der Waals surface area contributed by atoms with Gasteiger partial charge in [-0.25, -0.2) is 9.97 Å². The first-order valence-electron chi connectivity index (χ1n) is 9.64. The Kier molecular flexibility index (Phi) is 6.19. The summed E-state index contributed by atoms with van der Waals surface area (Å²) in [5.74, 6) is 0.0654. The number of carbonyl (C=O) groups is 1. The summed E-state index contributed by atoms with van der Waals surface area (Å²) < 4.78 is 0. The lowest BCUT2D eigenvalue weighted by atomic mass is 10.1. The number of hydrogen-bond acceptors (Lipinski definition) is 6. The average molecular weight is 378 g/mol. The van der Waals surface area contributed by atoms with Crippen LogP contribution in [-0.4, -0.2) is 44.9 Å². The van der Waals surface area contributed by atoms with Crippen LogP contribution in [-0.2, 0) is 11.3 Å². The molecule has 1 amide bonds. The number of aryl methyl sites for hydroxylation is 2. The number of carbonyl (C=O) groups excluding carboxylic acids is 1. The third-order valence-corrected chi connectivity index (χ3v) is 5.27. The molecule has 1 saturated heterocycles. The van der Waals surface area contributed by atoms with Crippen molar-refractivity contribution in [1.82, 2.24) is 19.9 Å². The van der Waals surface area contributed by atoms with E-state index in [4.69, 9.17) is 0 Å². The van der Waals surface area contributed by atoms with Crippen molar-refractivity contribution in [2.45, 2.75) is 52.6 Å². The molecule has 0 aliphatic carbocycles. The highest BCUT2D eigenvalue weighted by atomic mass is 16.2. The van der Waals surface area contributed by atoms with Gasteiger partial charge in [0.1, 0.15) is 12.4 Å².